The van der Waals surface area contributed by atoms with Crippen molar-refractivity contribution in [2.75, 3.05) is 7.05 Å². The van der Waals surface area contributed by atoms with Crippen molar-refractivity contribution in [3.63, 3.8) is 0 Å². The van der Waals surface area contributed by atoms with Crippen LogP contribution in [0, 0.1) is 6.92 Å². The molecule has 1 aromatic rings. The molecule has 0 fully saturated rings. The molecule has 0 bridgehead atoms. The minimum atomic E-state index is -0.391. The van der Waals surface area contributed by atoms with E-state index in [1.54, 1.807) is 4.90 Å². The third-order valence-electron chi connectivity index (χ3n) is 5.46. The van der Waals surface area contributed by atoms with Crippen molar-refractivity contribution in [1.29, 1.82) is 0 Å². The highest BCUT2D eigenvalue weighted by Gasteiger charge is 2.41. The Morgan fingerprint density at radius 1 is 1.16 bits per heavy atom. The fraction of sp³-hybridized carbons (Fsp3) is 0.458. The number of nitrogens with zero attached hydrogens (tertiary/aromatic N) is 3. The molecule has 1 aromatic carbocycles. The number of carbonyl (C=O) groups excluding carboxylic acids is 2. The van der Waals surface area contributed by atoms with Gasteiger partial charge in [0.1, 0.15) is 0 Å². The molecule has 166 valence electrons. The summed E-state index contributed by atoms with van der Waals surface area (Å²) in [6, 6.07) is 7.85. The van der Waals surface area contributed by atoms with E-state index >= 15 is 0 Å². The van der Waals surface area contributed by atoms with Gasteiger partial charge in [-0.25, -0.2) is 9.79 Å². The second-order valence-corrected chi connectivity index (χ2v) is 9.37. The van der Waals surface area contributed by atoms with Crippen molar-refractivity contribution in [1.82, 2.24) is 9.80 Å². The maximum atomic E-state index is 13.1. The molecule has 2 aliphatic rings. The minimum Gasteiger partial charge on any atom is -0.459 e. The van der Waals surface area contributed by atoms with E-state index < -0.39 is 6.04 Å². The molecular weight excluding hydrogens is 410 g/mol. The monoisotopic (exact) mass is 441 g/mol. The van der Waals surface area contributed by atoms with E-state index in [4.69, 9.17) is 9.73 Å². The summed E-state index contributed by atoms with van der Waals surface area (Å²) in [5, 5.41) is 2.75. The van der Waals surface area contributed by atoms with Gasteiger partial charge in [0.05, 0.1) is 29.8 Å². The Labute approximate surface area is 189 Å². The van der Waals surface area contributed by atoms with Crippen molar-refractivity contribution in [2.24, 2.45) is 4.99 Å². The Hall–Kier alpha value is -2.54. The lowest BCUT2D eigenvalue weighted by Gasteiger charge is -2.37. The molecule has 1 amide bonds. The molecule has 2 heterocycles. The summed E-state index contributed by atoms with van der Waals surface area (Å²) in [5.41, 5.74) is 4.11. The zero-order valence-corrected chi connectivity index (χ0v) is 20.1. The highest BCUT2D eigenvalue weighted by molar-refractivity contribution is 8.16. The highest BCUT2D eigenvalue weighted by Crippen LogP contribution is 2.45. The Morgan fingerprint density at radius 3 is 2.39 bits per heavy atom. The van der Waals surface area contributed by atoms with Crippen LogP contribution >= 0.6 is 11.8 Å². The summed E-state index contributed by atoms with van der Waals surface area (Å²) in [6.45, 7) is 11.5. The van der Waals surface area contributed by atoms with Crippen molar-refractivity contribution in [3.8, 4) is 0 Å². The fourth-order valence-electron chi connectivity index (χ4n) is 3.54. The summed E-state index contributed by atoms with van der Waals surface area (Å²) >= 11 is 1.49. The van der Waals surface area contributed by atoms with Crippen LogP contribution in [0.3, 0.4) is 0 Å². The number of thioether (sulfide) groups is 1. The van der Waals surface area contributed by atoms with Gasteiger partial charge < -0.3 is 14.5 Å². The first kappa shape index (κ1) is 23.1. The lowest BCUT2D eigenvalue weighted by atomic mass is 9.93. The van der Waals surface area contributed by atoms with Crippen LogP contribution in [0.2, 0.25) is 0 Å². The number of aliphatic imine (C=N–C) groups is 1. The van der Waals surface area contributed by atoms with Crippen molar-refractivity contribution >= 4 is 28.8 Å². The quantitative estimate of drug-likeness (QED) is 0.595. The number of fused-ring (bicyclic) bond motifs is 1. The number of esters is 1. The number of carbonyl (C=O) groups is 2. The Kier molecular flexibility index (Phi) is 6.94. The van der Waals surface area contributed by atoms with E-state index in [1.807, 2.05) is 83.2 Å². The van der Waals surface area contributed by atoms with E-state index in [9.17, 15) is 9.59 Å². The molecule has 0 aliphatic carbocycles. The Morgan fingerprint density at radius 2 is 1.81 bits per heavy atom. The zero-order valence-electron chi connectivity index (χ0n) is 19.3. The zero-order chi connectivity index (χ0) is 22.9. The van der Waals surface area contributed by atoms with Crippen LogP contribution in [0.15, 0.2) is 51.6 Å². The largest absolute Gasteiger partial charge is 0.459 e. The maximum absolute atomic E-state index is 13.1. The van der Waals surface area contributed by atoms with Gasteiger partial charge in [-0.15, -0.1) is 0 Å². The van der Waals surface area contributed by atoms with E-state index in [2.05, 4.69) is 0 Å². The van der Waals surface area contributed by atoms with Crippen LogP contribution in [-0.4, -0.2) is 46.0 Å². The smallest absolute Gasteiger partial charge is 0.338 e. The normalized spacial score (nSPS) is 18.2. The summed E-state index contributed by atoms with van der Waals surface area (Å²) in [4.78, 5) is 34.4. The molecule has 0 saturated heterocycles. The number of ether oxygens (including phenoxy) is 1. The van der Waals surface area contributed by atoms with Gasteiger partial charge in [-0.05, 0) is 52.5 Å². The van der Waals surface area contributed by atoms with Gasteiger partial charge in [0.2, 0.25) is 5.91 Å². The Bertz CT molecular complexity index is 961. The molecule has 0 N–H and O–H groups in total. The number of amidine groups is 1. The van der Waals surface area contributed by atoms with Gasteiger partial charge in [-0.3, -0.25) is 4.79 Å². The molecule has 1 unspecified atom stereocenters. The van der Waals surface area contributed by atoms with Crippen LogP contribution in [0.25, 0.3) is 0 Å². The molecule has 6 nitrogen and oxygen atoms in total. The number of aryl methyl sites for hydroxylation is 1. The third-order valence-corrected chi connectivity index (χ3v) is 6.35. The first-order valence-corrected chi connectivity index (χ1v) is 11.5. The van der Waals surface area contributed by atoms with Crippen LogP contribution in [0.5, 0.6) is 0 Å². The molecule has 7 heteroatoms. The summed E-state index contributed by atoms with van der Waals surface area (Å²) < 4.78 is 5.58. The minimum absolute atomic E-state index is 0.0309. The number of amides is 1. The molecular formula is C24H31N3O3S. The van der Waals surface area contributed by atoms with E-state index in [0.717, 1.165) is 22.0 Å². The van der Waals surface area contributed by atoms with Crippen LogP contribution in [-0.2, 0) is 14.3 Å². The lowest BCUT2D eigenvalue weighted by Crippen LogP contribution is -2.39. The number of allylic oxidation sites excluding steroid dienone is 1. The topological polar surface area (TPSA) is 62.2 Å². The molecule has 2 aliphatic heterocycles. The first-order chi connectivity index (χ1) is 14.6. The van der Waals surface area contributed by atoms with Gasteiger partial charge in [0.25, 0.3) is 0 Å². The summed E-state index contributed by atoms with van der Waals surface area (Å²) in [7, 11) is 1.81. The number of hydrogen-bond acceptors (Lipinski definition) is 6. The predicted molar refractivity (Wildman–Crippen MR) is 125 cm³/mol. The SMILES string of the molecule is CC1=C(C(=O)OC(C)C)C(c2ccc(C)cc2)N2C(CC(=O)N(C)C(C)C)=CSC2=N1. The van der Waals surface area contributed by atoms with Crippen molar-refractivity contribution in [3.05, 3.63) is 57.8 Å². The number of benzene rings is 1. The number of hydrogen-bond donors (Lipinski definition) is 0. The van der Waals surface area contributed by atoms with Crippen molar-refractivity contribution in [2.45, 2.75) is 66.2 Å². The Balaban J connectivity index is 2.04. The lowest BCUT2D eigenvalue weighted by molar-refractivity contribution is -0.143. The first-order valence-electron chi connectivity index (χ1n) is 10.6. The van der Waals surface area contributed by atoms with Crippen LogP contribution in [0.4, 0.5) is 0 Å². The van der Waals surface area contributed by atoms with E-state index in [0.29, 0.717) is 11.3 Å². The predicted octanol–water partition coefficient (Wildman–Crippen LogP) is 4.78. The third kappa shape index (κ3) is 4.87. The maximum Gasteiger partial charge on any atom is 0.338 e. The number of rotatable bonds is 6. The highest BCUT2D eigenvalue weighted by atomic mass is 32.2. The van der Waals surface area contributed by atoms with Gasteiger partial charge in [0, 0.05) is 18.8 Å². The molecule has 0 aromatic heterocycles. The van der Waals surface area contributed by atoms with E-state index in [-0.39, 0.29) is 30.4 Å². The second-order valence-electron chi connectivity index (χ2n) is 8.53. The molecule has 0 radical (unpaired) electrons. The summed E-state index contributed by atoms with van der Waals surface area (Å²) in [6.07, 6.45) is 0.00955. The van der Waals surface area contributed by atoms with Crippen LogP contribution in [0.1, 0.15) is 58.2 Å². The second kappa shape index (κ2) is 9.30. The molecule has 31 heavy (non-hydrogen) atoms. The average Bonchev–Trinajstić information content (AvgIpc) is 3.08. The van der Waals surface area contributed by atoms with Crippen molar-refractivity contribution < 1.29 is 14.3 Å². The molecule has 0 saturated carbocycles. The molecule has 0 spiro atoms. The van der Waals surface area contributed by atoms with Gasteiger partial charge >= 0.3 is 5.97 Å². The van der Waals surface area contributed by atoms with Gasteiger partial charge in [0.15, 0.2) is 5.17 Å². The summed E-state index contributed by atoms with van der Waals surface area (Å²) in [5.74, 6) is -0.342. The average molecular weight is 442 g/mol. The molecule has 3 rings (SSSR count). The van der Waals surface area contributed by atoms with E-state index in [1.165, 1.54) is 11.8 Å². The van der Waals surface area contributed by atoms with Crippen LogP contribution < -0.4 is 0 Å². The fourth-order valence-corrected chi connectivity index (χ4v) is 4.50. The van der Waals surface area contributed by atoms with Gasteiger partial charge in [-0.1, -0.05) is 41.6 Å². The van der Waals surface area contributed by atoms with Gasteiger partial charge in [-0.2, -0.15) is 0 Å². The molecule has 1 atom stereocenters. The standard InChI is InChI=1S/C24H31N3O3S/c1-14(2)26(7)20(28)12-19-13-31-24-25-17(6)21(23(29)30-15(3)4)22(27(19)24)18-10-8-16(5)9-11-18/h8-11,13-15,22H,12H2,1-7H3.